The molecule has 1 aromatic carbocycles. The first-order valence-corrected chi connectivity index (χ1v) is 9.57. The highest BCUT2D eigenvalue weighted by atomic mass is 32.2. The Morgan fingerprint density at radius 1 is 1.15 bits per heavy atom. The normalized spacial score (nSPS) is 12.5. The number of benzene rings is 1. The minimum atomic E-state index is -4.64. The second-order valence-corrected chi connectivity index (χ2v) is 8.32. The van der Waals surface area contributed by atoms with E-state index in [2.05, 4.69) is 5.32 Å². The lowest BCUT2D eigenvalue weighted by atomic mass is 10.3. The summed E-state index contributed by atoms with van der Waals surface area (Å²) in [6.07, 6.45) is -1.66. The van der Waals surface area contributed by atoms with Crippen molar-refractivity contribution in [3.8, 4) is 0 Å². The lowest BCUT2D eigenvalue weighted by molar-refractivity contribution is -0.121. The SMILES string of the molecule is Cc1ccc(/C=C/C(=O)Nc2ccc(S(=O)(=O)NCC(F)(F)F)cc2)s1. The molecule has 1 heterocycles. The monoisotopic (exact) mass is 404 g/mol. The Hall–Kier alpha value is -2.17. The van der Waals surface area contributed by atoms with E-state index in [1.54, 1.807) is 6.08 Å². The van der Waals surface area contributed by atoms with E-state index in [4.69, 9.17) is 0 Å². The molecule has 0 spiro atoms. The highest BCUT2D eigenvalue weighted by molar-refractivity contribution is 7.89. The maximum atomic E-state index is 12.1. The smallest absolute Gasteiger partial charge is 0.323 e. The van der Waals surface area contributed by atoms with Crippen molar-refractivity contribution in [1.29, 1.82) is 0 Å². The first kappa shape index (κ1) is 20.1. The Balaban J connectivity index is 1.98. The van der Waals surface area contributed by atoms with Gasteiger partial charge in [-0.3, -0.25) is 4.79 Å². The number of thiophene rings is 1. The first-order valence-electron chi connectivity index (χ1n) is 7.27. The molecule has 10 heteroatoms. The first-order chi connectivity index (χ1) is 12.0. The van der Waals surface area contributed by atoms with Crippen LogP contribution in [0.15, 0.2) is 47.4 Å². The van der Waals surface area contributed by atoms with E-state index in [9.17, 15) is 26.4 Å². The molecule has 0 bridgehead atoms. The topological polar surface area (TPSA) is 75.3 Å². The van der Waals surface area contributed by atoms with Crippen LogP contribution in [0.1, 0.15) is 9.75 Å². The average Bonchev–Trinajstić information content (AvgIpc) is 2.97. The van der Waals surface area contributed by atoms with Gasteiger partial charge in [0.25, 0.3) is 0 Å². The predicted octanol–water partition coefficient (Wildman–Crippen LogP) is 3.55. The van der Waals surface area contributed by atoms with Gasteiger partial charge in [-0.25, -0.2) is 13.1 Å². The van der Waals surface area contributed by atoms with Crippen molar-refractivity contribution in [2.45, 2.75) is 18.0 Å². The molecule has 2 rings (SSSR count). The van der Waals surface area contributed by atoms with E-state index < -0.39 is 28.7 Å². The summed E-state index contributed by atoms with van der Waals surface area (Å²) in [6, 6.07) is 8.61. The van der Waals surface area contributed by atoms with Crippen LogP contribution in [0.3, 0.4) is 0 Å². The molecule has 0 radical (unpaired) electrons. The van der Waals surface area contributed by atoms with Gasteiger partial charge in [-0.15, -0.1) is 11.3 Å². The zero-order chi connectivity index (χ0) is 19.4. The van der Waals surface area contributed by atoms with Gasteiger partial charge in [-0.05, 0) is 49.4 Å². The van der Waals surface area contributed by atoms with E-state index >= 15 is 0 Å². The number of carbonyl (C=O) groups is 1. The molecule has 5 nitrogen and oxygen atoms in total. The summed E-state index contributed by atoms with van der Waals surface area (Å²) < 4.78 is 61.4. The maximum Gasteiger partial charge on any atom is 0.402 e. The van der Waals surface area contributed by atoms with Crippen LogP contribution in [0.4, 0.5) is 18.9 Å². The average molecular weight is 404 g/mol. The van der Waals surface area contributed by atoms with Gasteiger partial charge in [0.15, 0.2) is 0 Å². The molecule has 1 aromatic heterocycles. The third-order valence-corrected chi connectivity index (χ3v) is 5.44. The van der Waals surface area contributed by atoms with Crippen LogP contribution in [-0.4, -0.2) is 27.0 Å². The molecule has 0 aliphatic carbocycles. The molecule has 0 aliphatic heterocycles. The summed E-state index contributed by atoms with van der Waals surface area (Å²) >= 11 is 1.53. The van der Waals surface area contributed by atoms with Crippen LogP contribution in [0, 0.1) is 6.92 Å². The molecule has 0 saturated carbocycles. The number of carbonyl (C=O) groups excluding carboxylic acids is 1. The Morgan fingerprint density at radius 2 is 1.81 bits per heavy atom. The number of nitrogens with one attached hydrogen (secondary N) is 2. The minimum Gasteiger partial charge on any atom is -0.323 e. The fourth-order valence-corrected chi connectivity index (χ4v) is 3.66. The molecule has 1 amide bonds. The molecule has 0 aliphatic rings. The van der Waals surface area contributed by atoms with Crippen molar-refractivity contribution < 1.29 is 26.4 Å². The van der Waals surface area contributed by atoms with E-state index in [-0.39, 0.29) is 4.90 Å². The van der Waals surface area contributed by atoms with E-state index in [0.717, 1.165) is 21.9 Å². The zero-order valence-electron chi connectivity index (χ0n) is 13.5. The number of hydrogen-bond acceptors (Lipinski definition) is 4. The summed E-state index contributed by atoms with van der Waals surface area (Å²) in [5.41, 5.74) is 0.316. The summed E-state index contributed by atoms with van der Waals surface area (Å²) in [5, 5.41) is 2.54. The van der Waals surface area contributed by atoms with Crippen molar-refractivity contribution in [3.05, 3.63) is 52.2 Å². The van der Waals surface area contributed by atoms with Crippen molar-refractivity contribution in [3.63, 3.8) is 0 Å². The van der Waals surface area contributed by atoms with Crippen molar-refractivity contribution in [2.75, 3.05) is 11.9 Å². The van der Waals surface area contributed by atoms with Crippen LogP contribution >= 0.6 is 11.3 Å². The Kier molecular flexibility index (Phi) is 6.21. The van der Waals surface area contributed by atoms with E-state index in [1.807, 2.05) is 19.1 Å². The molecule has 2 N–H and O–H groups in total. The fraction of sp³-hybridized carbons (Fsp3) is 0.188. The number of amides is 1. The van der Waals surface area contributed by atoms with Gasteiger partial charge < -0.3 is 5.32 Å². The number of sulfonamides is 1. The lowest BCUT2D eigenvalue weighted by Gasteiger charge is -2.10. The van der Waals surface area contributed by atoms with Crippen molar-refractivity contribution in [2.24, 2.45) is 0 Å². The minimum absolute atomic E-state index is 0.316. The standard InChI is InChI=1S/C16H15F3N2O3S2/c1-11-2-5-13(25-11)6-9-15(22)21-12-3-7-14(8-4-12)26(23,24)20-10-16(17,18)19/h2-9,20H,10H2,1H3,(H,21,22)/b9-6+. The van der Waals surface area contributed by atoms with Crippen molar-refractivity contribution >= 4 is 39.0 Å². The molecule has 2 aromatic rings. The van der Waals surface area contributed by atoms with Gasteiger partial charge in [0.1, 0.15) is 6.54 Å². The van der Waals surface area contributed by atoms with Crippen LogP contribution in [-0.2, 0) is 14.8 Å². The number of rotatable bonds is 6. The third kappa shape index (κ3) is 6.28. The molecular weight excluding hydrogens is 389 g/mol. The van der Waals surface area contributed by atoms with Gasteiger partial charge in [-0.1, -0.05) is 0 Å². The molecule has 0 saturated heterocycles. The second-order valence-electron chi connectivity index (χ2n) is 5.24. The van der Waals surface area contributed by atoms with Crippen LogP contribution in [0.25, 0.3) is 6.08 Å². The molecule has 0 fully saturated rings. The predicted molar refractivity (Wildman–Crippen MR) is 94.4 cm³/mol. The van der Waals surface area contributed by atoms with Crippen LogP contribution < -0.4 is 10.0 Å². The molecule has 140 valence electrons. The third-order valence-electron chi connectivity index (χ3n) is 3.05. The van der Waals surface area contributed by atoms with E-state index in [0.29, 0.717) is 5.69 Å². The van der Waals surface area contributed by atoms with E-state index in [1.165, 1.54) is 34.3 Å². The largest absolute Gasteiger partial charge is 0.402 e. The Morgan fingerprint density at radius 3 is 2.35 bits per heavy atom. The zero-order valence-corrected chi connectivity index (χ0v) is 15.1. The number of alkyl halides is 3. The number of halogens is 3. The second kappa shape index (κ2) is 8.02. The highest BCUT2D eigenvalue weighted by Gasteiger charge is 2.30. The molecular formula is C16H15F3N2O3S2. The number of aryl methyl sites for hydroxylation is 1. The molecule has 0 atom stereocenters. The van der Waals surface area contributed by atoms with Gasteiger partial charge in [-0.2, -0.15) is 13.2 Å². The summed E-state index contributed by atoms with van der Waals surface area (Å²) in [7, 11) is -4.28. The fourth-order valence-electron chi connectivity index (χ4n) is 1.86. The maximum absolute atomic E-state index is 12.1. The van der Waals surface area contributed by atoms with Gasteiger partial charge in [0.2, 0.25) is 15.9 Å². The highest BCUT2D eigenvalue weighted by Crippen LogP contribution is 2.18. The number of anilines is 1. The van der Waals surface area contributed by atoms with Crippen LogP contribution in [0.5, 0.6) is 0 Å². The quantitative estimate of drug-likeness (QED) is 0.723. The molecule has 26 heavy (non-hydrogen) atoms. The summed E-state index contributed by atoms with van der Waals surface area (Å²) in [5.74, 6) is -0.415. The van der Waals surface area contributed by atoms with Gasteiger partial charge >= 0.3 is 6.18 Å². The number of hydrogen-bond donors (Lipinski definition) is 2. The lowest BCUT2D eigenvalue weighted by Crippen LogP contribution is -2.33. The van der Waals surface area contributed by atoms with Gasteiger partial charge in [0.05, 0.1) is 4.90 Å². The van der Waals surface area contributed by atoms with Gasteiger partial charge in [0, 0.05) is 21.5 Å². The Labute approximate surface area is 152 Å². The van der Waals surface area contributed by atoms with Crippen molar-refractivity contribution in [1.82, 2.24) is 4.72 Å². The van der Waals surface area contributed by atoms with Crippen LogP contribution in [0.2, 0.25) is 0 Å². The Bertz CT molecular complexity index is 902. The summed E-state index contributed by atoms with van der Waals surface area (Å²) in [6.45, 7) is 0.294. The molecule has 0 unspecified atom stereocenters. The summed E-state index contributed by atoms with van der Waals surface area (Å²) in [4.78, 5) is 13.5.